The van der Waals surface area contributed by atoms with E-state index in [4.69, 9.17) is 4.74 Å². The number of nitrogens with one attached hydrogen (secondary N) is 1. The average Bonchev–Trinajstić information content (AvgIpc) is 2.54. The van der Waals surface area contributed by atoms with Crippen molar-refractivity contribution < 1.29 is 9.53 Å². The van der Waals surface area contributed by atoms with E-state index in [2.05, 4.69) is 43.4 Å². The molecule has 1 saturated heterocycles. The summed E-state index contributed by atoms with van der Waals surface area (Å²) in [7, 11) is 0. The van der Waals surface area contributed by atoms with Gasteiger partial charge in [0.05, 0.1) is 0 Å². The molecule has 1 fully saturated rings. The number of hydrogen-bond donors (Lipinski definition) is 1. The quantitative estimate of drug-likeness (QED) is 0.931. The highest BCUT2D eigenvalue weighted by atomic mass is 16.5. The number of ether oxygens (including phenoxy) is 1. The van der Waals surface area contributed by atoms with Crippen molar-refractivity contribution in [3.05, 3.63) is 35.4 Å². The van der Waals surface area contributed by atoms with Crippen LogP contribution in [0.2, 0.25) is 0 Å². The summed E-state index contributed by atoms with van der Waals surface area (Å²) in [4.78, 5) is 12.7. The lowest BCUT2D eigenvalue weighted by atomic mass is 9.78. The van der Waals surface area contributed by atoms with Crippen molar-refractivity contribution in [1.29, 1.82) is 0 Å². The highest BCUT2D eigenvalue weighted by Crippen LogP contribution is 2.30. The van der Waals surface area contributed by atoms with E-state index in [1.54, 1.807) is 0 Å². The molecule has 0 spiro atoms. The van der Waals surface area contributed by atoms with Crippen molar-refractivity contribution in [3.63, 3.8) is 0 Å². The third-order valence-electron chi connectivity index (χ3n) is 5.46. The summed E-state index contributed by atoms with van der Waals surface area (Å²) in [5, 5.41) is 3.35. The first-order valence-corrected chi connectivity index (χ1v) is 8.54. The highest BCUT2D eigenvalue weighted by molar-refractivity contribution is 5.79. The normalized spacial score (nSPS) is 27.0. The molecule has 2 unspecified atom stereocenters. The minimum Gasteiger partial charge on any atom is -0.381 e. The maximum absolute atomic E-state index is 12.7. The first-order chi connectivity index (χ1) is 10.6. The van der Waals surface area contributed by atoms with Crippen LogP contribution in [0.25, 0.3) is 0 Å². The van der Waals surface area contributed by atoms with E-state index >= 15 is 0 Å². The second-order valence-corrected chi connectivity index (χ2v) is 7.23. The molecule has 0 bridgehead atoms. The fraction of sp³-hybridized carbons (Fsp3) is 0.632. The predicted molar refractivity (Wildman–Crippen MR) is 87.7 cm³/mol. The zero-order chi connectivity index (χ0) is 15.6. The van der Waals surface area contributed by atoms with Gasteiger partial charge in [0.1, 0.15) is 0 Å². The summed E-state index contributed by atoms with van der Waals surface area (Å²) >= 11 is 0. The van der Waals surface area contributed by atoms with E-state index in [0.717, 1.165) is 45.3 Å². The summed E-state index contributed by atoms with van der Waals surface area (Å²) in [6.45, 7) is 5.86. The van der Waals surface area contributed by atoms with Crippen LogP contribution in [0, 0.1) is 11.8 Å². The number of carbonyl (C=O) groups excluding carboxylic acids is 1. The molecule has 0 saturated carbocycles. The van der Waals surface area contributed by atoms with Gasteiger partial charge in [-0.05, 0) is 56.1 Å². The van der Waals surface area contributed by atoms with E-state index in [1.165, 1.54) is 11.1 Å². The Morgan fingerprint density at radius 1 is 1.27 bits per heavy atom. The number of fused-ring (bicyclic) bond motifs is 1. The number of benzene rings is 1. The van der Waals surface area contributed by atoms with Gasteiger partial charge in [-0.25, -0.2) is 0 Å². The Morgan fingerprint density at radius 2 is 1.95 bits per heavy atom. The van der Waals surface area contributed by atoms with Crippen molar-refractivity contribution in [2.75, 3.05) is 13.2 Å². The van der Waals surface area contributed by atoms with Crippen LogP contribution in [0.3, 0.4) is 0 Å². The molecule has 3 rings (SSSR count). The fourth-order valence-corrected chi connectivity index (χ4v) is 3.84. The lowest BCUT2D eigenvalue weighted by molar-refractivity contribution is -0.129. The average molecular weight is 301 g/mol. The molecule has 1 aliphatic heterocycles. The van der Waals surface area contributed by atoms with Gasteiger partial charge in [0, 0.05) is 24.7 Å². The molecule has 3 nitrogen and oxygen atoms in total. The SMILES string of the molecule is CC(C(=O)NC1(C)CCc2ccccc2C1)C1CCOCC1. The molecule has 2 atom stereocenters. The number of carbonyl (C=O) groups is 1. The molecule has 120 valence electrons. The smallest absolute Gasteiger partial charge is 0.223 e. The number of hydrogen-bond acceptors (Lipinski definition) is 2. The molecule has 1 heterocycles. The molecule has 2 aliphatic rings. The Hall–Kier alpha value is -1.35. The Bertz CT molecular complexity index is 536. The molecule has 1 aromatic carbocycles. The Balaban J connectivity index is 1.63. The van der Waals surface area contributed by atoms with Crippen molar-refractivity contribution >= 4 is 5.91 Å². The first-order valence-electron chi connectivity index (χ1n) is 8.54. The third-order valence-corrected chi connectivity index (χ3v) is 5.46. The van der Waals surface area contributed by atoms with E-state index < -0.39 is 0 Å². The van der Waals surface area contributed by atoms with Crippen LogP contribution in [0.4, 0.5) is 0 Å². The Kier molecular flexibility index (Phi) is 4.53. The molecular formula is C19H27NO2. The van der Waals surface area contributed by atoms with Gasteiger partial charge >= 0.3 is 0 Å². The summed E-state index contributed by atoms with van der Waals surface area (Å²) in [6.07, 6.45) is 5.03. The van der Waals surface area contributed by atoms with Crippen molar-refractivity contribution in [2.45, 2.75) is 51.5 Å². The number of amides is 1. The molecule has 3 heteroatoms. The van der Waals surface area contributed by atoms with Crippen LogP contribution in [0.1, 0.15) is 44.2 Å². The van der Waals surface area contributed by atoms with Crippen LogP contribution in [-0.4, -0.2) is 24.7 Å². The second kappa shape index (κ2) is 6.41. The van der Waals surface area contributed by atoms with Gasteiger partial charge in [0.25, 0.3) is 0 Å². The maximum atomic E-state index is 12.7. The van der Waals surface area contributed by atoms with E-state index in [-0.39, 0.29) is 17.4 Å². The fourth-order valence-electron chi connectivity index (χ4n) is 3.84. The van der Waals surface area contributed by atoms with Gasteiger partial charge in [-0.2, -0.15) is 0 Å². The number of rotatable bonds is 3. The Labute approximate surface area is 133 Å². The van der Waals surface area contributed by atoms with Gasteiger partial charge in [0.15, 0.2) is 0 Å². The van der Waals surface area contributed by atoms with Crippen molar-refractivity contribution in [1.82, 2.24) is 5.32 Å². The summed E-state index contributed by atoms with van der Waals surface area (Å²) in [6, 6.07) is 8.60. The van der Waals surface area contributed by atoms with Gasteiger partial charge in [-0.3, -0.25) is 4.79 Å². The van der Waals surface area contributed by atoms with Crippen LogP contribution in [0.15, 0.2) is 24.3 Å². The minimum atomic E-state index is -0.106. The monoisotopic (exact) mass is 301 g/mol. The topological polar surface area (TPSA) is 38.3 Å². The van der Waals surface area contributed by atoms with E-state index in [1.807, 2.05) is 0 Å². The molecule has 0 aromatic heterocycles. The van der Waals surface area contributed by atoms with Gasteiger partial charge in [-0.15, -0.1) is 0 Å². The molecule has 22 heavy (non-hydrogen) atoms. The third kappa shape index (κ3) is 3.35. The molecule has 1 amide bonds. The van der Waals surface area contributed by atoms with E-state index in [9.17, 15) is 4.79 Å². The van der Waals surface area contributed by atoms with Crippen molar-refractivity contribution in [2.24, 2.45) is 11.8 Å². The summed E-state index contributed by atoms with van der Waals surface area (Å²) in [5.41, 5.74) is 2.71. The van der Waals surface area contributed by atoms with Crippen molar-refractivity contribution in [3.8, 4) is 0 Å². The van der Waals surface area contributed by atoms with Gasteiger partial charge in [0.2, 0.25) is 5.91 Å². The molecular weight excluding hydrogens is 274 g/mol. The standard InChI is InChI=1S/C19H27NO2/c1-14(15-8-11-22-12-9-15)18(21)20-19(2)10-7-16-5-3-4-6-17(16)13-19/h3-6,14-15H,7-13H2,1-2H3,(H,20,21). The van der Waals surface area contributed by atoms with Crippen LogP contribution < -0.4 is 5.32 Å². The van der Waals surface area contributed by atoms with Crippen LogP contribution in [-0.2, 0) is 22.4 Å². The van der Waals surface area contributed by atoms with Gasteiger partial charge in [-0.1, -0.05) is 31.2 Å². The first kappa shape index (κ1) is 15.5. The zero-order valence-corrected chi connectivity index (χ0v) is 13.7. The highest BCUT2D eigenvalue weighted by Gasteiger charge is 2.34. The van der Waals surface area contributed by atoms with E-state index in [0.29, 0.717) is 5.92 Å². The molecule has 0 radical (unpaired) electrons. The molecule has 1 aliphatic carbocycles. The van der Waals surface area contributed by atoms with Crippen LogP contribution >= 0.6 is 0 Å². The van der Waals surface area contributed by atoms with Crippen LogP contribution in [0.5, 0.6) is 0 Å². The predicted octanol–water partition coefficient (Wildman–Crippen LogP) is 3.11. The van der Waals surface area contributed by atoms with Gasteiger partial charge < -0.3 is 10.1 Å². The maximum Gasteiger partial charge on any atom is 0.223 e. The summed E-state index contributed by atoms with van der Waals surface area (Å²) < 4.78 is 5.41. The molecule has 1 aromatic rings. The summed E-state index contributed by atoms with van der Waals surface area (Å²) in [5.74, 6) is 0.764. The molecule has 1 N–H and O–H groups in total. The lowest BCUT2D eigenvalue weighted by Crippen LogP contribution is -2.52. The lowest BCUT2D eigenvalue weighted by Gasteiger charge is -2.38. The number of aryl methyl sites for hydroxylation is 1. The largest absolute Gasteiger partial charge is 0.381 e. The zero-order valence-electron chi connectivity index (χ0n) is 13.7. The minimum absolute atomic E-state index is 0.0814. The Morgan fingerprint density at radius 3 is 2.68 bits per heavy atom. The second-order valence-electron chi connectivity index (χ2n) is 7.23.